The number of hydrogen-bond acceptors (Lipinski definition) is 4. The van der Waals surface area contributed by atoms with Crippen molar-refractivity contribution >= 4 is 21.9 Å². The van der Waals surface area contributed by atoms with Crippen LogP contribution in [0, 0.1) is 11.8 Å². The van der Waals surface area contributed by atoms with Gasteiger partial charge in [-0.2, -0.15) is 4.31 Å². The number of carboxylic acid groups (broad SMARTS) is 1. The molecule has 8 heteroatoms. The largest absolute Gasteiger partial charge is 0.480 e. The van der Waals surface area contributed by atoms with Gasteiger partial charge < -0.3 is 10.0 Å². The molecule has 0 spiro atoms. The van der Waals surface area contributed by atoms with Crippen LogP contribution in [-0.2, 0) is 19.6 Å². The monoisotopic (exact) mass is 316 g/mol. The number of amides is 1. The number of likely N-dealkylation sites (tertiary alicyclic amines) is 1. The van der Waals surface area contributed by atoms with E-state index in [2.05, 4.69) is 0 Å². The maximum atomic E-state index is 12.4. The third-order valence-corrected chi connectivity index (χ3v) is 6.88. The van der Waals surface area contributed by atoms with Crippen LogP contribution in [0.15, 0.2) is 0 Å². The van der Waals surface area contributed by atoms with E-state index in [1.807, 2.05) is 0 Å². The molecule has 0 radical (unpaired) electrons. The fourth-order valence-electron chi connectivity index (χ4n) is 3.99. The van der Waals surface area contributed by atoms with E-state index in [-0.39, 0.29) is 30.0 Å². The number of aliphatic carboxylic acids is 1. The van der Waals surface area contributed by atoms with Crippen molar-refractivity contribution in [2.75, 3.05) is 25.4 Å². The van der Waals surface area contributed by atoms with Crippen molar-refractivity contribution in [3.05, 3.63) is 0 Å². The first-order chi connectivity index (χ1) is 9.90. The minimum Gasteiger partial charge on any atom is -0.480 e. The lowest BCUT2D eigenvalue weighted by Gasteiger charge is -2.26. The van der Waals surface area contributed by atoms with E-state index in [9.17, 15) is 23.1 Å². The molecule has 7 nitrogen and oxygen atoms in total. The third-order valence-electron chi connectivity index (χ3n) is 4.98. The topological polar surface area (TPSA) is 95.0 Å². The van der Waals surface area contributed by atoms with Gasteiger partial charge in [0.15, 0.2) is 0 Å². The number of hydrogen-bond donors (Lipinski definition) is 1. The first-order valence-electron chi connectivity index (χ1n) is 7.40. The molecule has 3 atom stereocenters. The number of nitrogens with zero attached hydrogens (tertiary/aromatic N) is 2. The van der Waals surface area contributed by atoms with Crippen LogP contribution in [0.2, 0.25) is 0 Å². The highest BCUT2D eigenvalue weighted by molar-refractivity contribution is 7.89. The van der Waals surface area contributed by atoms with Crippen molar-refractivity contribution < 1.29 is 23.1 Å². The molecule has 3 rings (SSSR count). The van der Waals surface area contributed by atoms with Crippen molar-refractivity contribution in [3.8, 4) is 0 Å². The van der Waals surface area contributed by atoms with E-state index in [4.69, 9.17) is 0 Å². The van der Waals surface area contributed by atoms with Gasteiger partial charge in [0, 0.05) is 13.1 Å². The van der Waals surface area contributed by atoms with Crippen LogP contribution in [0.25, 0.3) is 0 Å². The summed E-state index contributed by atoms with van der Waals surface area (Å²) in [5, 5.41) is 9.42. The molecule has 1 N–H and O–H groups in total. The molecular weight excluding hydrogens is 296 g/mol. The molecule has 3 unspecified atom stereocenters. The smallest absolute Gasteiger partial charge is 0.326 e. The molecule has 0 aromatic heterocycles. The quantitative estimate of drug-likeness (QED) is 0.773. The molecule has 2 saturated heterocycles. The highest BCUT2D eigenvalue weighted by Crippen LogP contribution is 2.42. The van der Waals surface area contributed by atoms with Gasteiger partial charge in [-0.15, -0.1) is 0 Å². The molecule has 3 aliphatic rings. The van der Waals surface area contributed by atoms with Gasteiger partial charge in [0.2, 0.25) is 15.9 Å². The minimum absolute atomic E-state index is 0.0293. The van der Waals surface area contributed by atoms with Crippen molar-refractivity contribution in [3.63, 3.8) is 0 Å². The average Bonchev–Trinajstić information content (AvgIpc) is 3.02. The molecule has 0 aromatic rings. The van der Waals surface area contributed by atoms with Crippen molar-refractivity contribution in [1.29, 1.82) is 0 Å². The highest BCUT2D eigenvalue weighted by atomic mass is 32.2. The summed E-state index contributed by atoms with van der Waals surface area (Å²) in [4.78, 5) is 25.3. The second-order valence-electron chi connectivity index (χ2n) is 6.19. The maximum absolute atomic E-state index is 12.4. The molecule has 1 amide bonds. The minimum atomic E-state index is -3.33. The number of carbonyl (C=O) groups excluding carboxylic acids is 1. The second kappa shape index (κ2) is 5.24. The zero-order valence-corrected chi connectivity index (χ0v) is 12.6. The summed E-state index contributed by atoms with van der Waals surface area (Å²) in [6, 6.07) is -0.782. The Morgan fingerprint density at radius 3 is 2.57 bits per heavy atom. The van der Waals surface area contributed by atoms with Gasteiger partial charge in [0.25, 0.3) is 0 Å². The Bertz CT molecular complexity index is 561. The summed E-state index contributed by atoms with van der Waals surface area (Å²) in [5.41, 5.74) is 0. The van der Waals surface area contributed by atoms with Gasteiger partial charge in [-0.3, -0.25) is 4.79 Å². The number of sulfonamides is 1. The zero-order chi connectivity index (χ0) is 15.2. The normalized spacial score (nSPS) is 35.0. The van der Waals surface area contributed by atoms with E-state index < -0.39 is 22.0 Å². The van der Waals surface area contributed by atoms with Crippen LogP contribution in [-0.4, -0.2) is 66.0 Å². The van der Waals surface area contributed by atoms with E-state index in [0.29, 0.717) is 19.5 Å². The fourth-order valence-corrected chi connectivity index (χ4v) is 5.46. The summed E-state index contributed by atoms with van der Waals surface area (Å²) < 4.78 is 24.7. The Hall–Kier alpha value is -1.15. The number of rotatable bonds is 3. The van der Waals surface area contributed by atoms with Gasteiger partial charge in [0.05, 0.1) is 12.3 Å². The molecule has 0 bridgehead atoms. The van der Waals surface area contributed by atoms with Crippen LogP contribution in [0.1, 0.15) is 25.7 Å². The van der Waals surface area contributed by atoms with Crippen molar-refractivity contribution in [2.45, 2.75) is 31.7 Å². The van der Waals surface area contributed by atoms with E-state index in [0.717, 1.165) is 19.3 Å². The Balaban J connectivity index is 1.73. The average molecular weight is 316 g/mol. The molecule has 1 aliphatic carbocycles. The Kier molecular flexibility index (Phi) is 3.69. The van der Waals surface area contributed by atoms with E-state index in [1.54, 1.807) is 0 Å². The summed E-state index contributed by atoms with van der Waals surface area (Å²) in [6.45, 7) is 0.590. The number of carboxylic acids is 1. The molecule has 1 saturated carbocycles. The molecule has 118 valence electrons. The summed E-state index contributed by atoms with van der Waals surface area (Å²) in [7, 11) is -3.33. The fraction of sp³-hybridized carbons (Fsp3) is 0.846. The summed E-state index contributed by atoms with van der Waals surface area (Å²) in [6.07, 6.45) is 3.35. The number of fused-ring (bicyclic) bond motifs is 1. The molecular formula is C13H20N2O5S. The number of carbonyl (C=O) groups is 2. The molecule has 2 heterocycles. The Morgan fingerprint density at radius 1 is 1.19 bits per heavy atom. The Labute approximate surface area is 123 Å². The molecule has 3 fully saturated rings. The highest BCUT2D eigenvalue weighted by Gasteiger charge is 2.49. The lowest BCUT2D eigenvalue weighted by Crippen LogP contribution is -2.47. The van der Waals surface area contributed by atoms with Crippen LogP contribution in [0.5, 0.6) is 0 Å². The van der Waals surface area contributed by atoms with Crippen molar-refractivity contribution in [2.24, 2.45) is 11.8 Å². The maximum Gasteiger partial charge on any atom is 0.326 e. The first-order valence-corrected chi connectivity index (χ1v) is 9.01. The lowest BCUT2D eigenvalue weighted by molar-refractivity contribution is -0.149. The van der Waals surface area contributed by atoms with Gasteiger partial charge in [0.1, 0.15) is 6.04 Å². The molecule has 0 aromatic carbocycles. The van der Waals surface area contributed by atoms with Crippen LogP contribution >= 0.6 is 0 Å². The zero-order valence-electron chi connectivity index (χ0n) is 11.8. The second-order valence-corrected chi connectivity index (χ2v) is 8.28. The predicted octanol–water partition coefficient (Wildman–Crippen LogP) is -0.266. The lowest BCUT2D eigenvalue weighted by atomic mass is 9.94. The summed E-state index contributed by atoms with van der Waals surface area (Å²) in [5.74, 6) is -0.982. The standard InChI is InChI=1S/C13H20N2O5S/c16-11(8-14-5-2-6-21(14,19)20)15-7-9-3-1-4-10(9)12(15)13(17)18/h9-10,12H,1-8H2,(H,17,18). The predicted molar refractivity (Wildman–Crippen MR) is 73.9 cm³/mol. The van der Waals surface area contributed by atoms with Crippen LogP contribution in [0.3, 0.4) is 0 Å². The van der Waals surface area contributed by atoms with Crippen LogP contribution in [0.4, 0.5) is 0 Å². The van der Waals surface area contributed by atoms with Crippen LogP contribution < -0.4 is 0 Å². The molecule has 21 heavy (non-hydrogen) atoms. The van der Waals surface area contributed by atoms with Crippen molar-refractivity contribution in [1.82, 2.24) is 9.21 Å². The SMILES string of the molecule is O=C(O)C1C2CCCC2CN1C(=O)CN1CCCS1(=O)=O. The van der Waals surface area contributed by atoms with Gasteiger partial charge >= 0.3 is 5.97 Å². The van der Waals surface area contributed by atoms with Gasteiger partial charge in [-0.05, 0) is 31.1 Å². The first kappa shape index (κ1) is 14.8. The summed E-state index contributed by atoms with van der Waals surface area (Å²) >= 11 is 0. The third kappa shape index (κ3) is 2.55. The van der Waals surface area contributed by atoms with Gasteiger partial charge in [-0.1, -0.05) is 6.42 Å². The Morgan fingerprint density at radius 2 is 1.95 bits per heavy atom. The van der Waals surface area contributed by atoms with Gasteiger partial charge in [-0.25, -0.2) is 13.2 Å². The molecule has 2 aliphatic heterocycles. The van der Waals surface area contributed by atoms with E-state index >= 15 is 0 Å². The van der Waals surface area contributed by atoms with E-state index in [1.165, 1.54) is 9.21 Å².